The Balaban J connectivity index is 2.45. The van der Waals surface area contributed by atoms with Gasteiger partial charge in [-0.25, -0.2) is 0 Å². The number of aliphatic hydroxyl groups is 1. The zero-order valence-corrected chi connectivity index (χ0v) is 11.0. The van der Waals surface area contributed by atoms with Crippen LogP contribution in [-0.2, 0) is 4.79 Å². The van der Waals surface area contributed by atoms with E-state index in [2.05, 4.69) is 19.2 Å². The molecule has 0 bridgehead atoms. The molecular weight excluding hydrogens is 230 g/mol. The number of ether oxygens (including phenoxy) is 1. The fourth-order valence-corrected chi connectivity index (χ4v) is 1.59. The molecule has 1 aromatic carbocycles. The first kappa shape index (κ1) is 14.5. The summed E-state index contributed by atoms with van der Waals surface area (Å²) in [7, 11) is 0. The Morgan fingerprint density at radius 3 is 2.78 bits per heavy atom. The van der Waals surface area contributed by atoms with Crippen LogP contribution in [-0.4, -0.2) is 30.8 Å². The van der Waals surface area contributed by atoms with E-state index >= 15 is 0 Å². The number of aliphatic hydroxyl groups excluding tert-OH is 1. The Morgan fingerprint density at radius 1 is 1.39 bits per heavy atom. The van der Waals surface area contributed by atoms with Crippen molar-refractivity contribution in [3.8, 4) is 5.75 Å². The van der Waals surface area contributed by atoms with Gasteiger partial charge in [-0.15, -0.1) is 0 Å². The van der Waals surface area contributed by atoms with Gasteiger partial charge in [-0.1, -0.05) is 32.0 Å². The van der Waals surface area contributed by atoms with Gasteiger partial charge in [-0.05, 0) is 24.0 Å². The standard InChI is InChI=1S/C14H21NO3/c1-11(2)12-6-3-4-7-13(12)18-10-14(17)15-8-5-9-16/h3-4,6-7,11,16H,5,8-10H2,1-2H3,(H,15,17). The van der Waals surface area contributed by atoms with Crippen LogP contribution in [0.3, 0.4) is 0 Å². The summed E-state index contributed by atoms with van der Waals surface area (Å²) in [5.74, 6) is 0.950. The Morgan fingerprint density at radius 2 is 2.11 bits per heavy atom. The number of benzene rings is 1. The minimum absolute atomic E-state index is 0.00909. The van der Waals surface area contributed by atoms with Crippen molar-refractivity contribution in [3.05, 3.63) is 29.8 Å². The van der Waals surface area contributed by atoms with Crippen molar-refractivity contribution in [2.45, 2.75) is 26.2 Å². The van der Waals surface area contributed by atoms with E-state index in [1.54, 1.807) is 0 Å². The summed E-state index contributed by atoms with van der Waals surface area (Å²) in [6.45, 7) is 4.74. The molecule has 1 rings (SSSR count). The first-order chi connectivity index (χ1) is 8.65. The number of hydrogen-bond acceptors (Lipinski definition) is 3. The van der Waals surface area contributed by atoms with E-state index in [9.17, 15) is 4.79 Å². The molecule has 18 heavy (non-hydrogen) atoms. The van der Waals surface area contributed by atoms with Crippen molar-refractivity contribution in [2.75, 3.05) is 19.8 Å². The van der Waals surface area contributed by atoms with Crippen LogP contribution >= 0.6 is 0 Å². The van der Waals surface area contributed by atoms with E-state index in [0.717, 1.165) is 11.3 Å². The molecule has 0 aliphatic rings. The number of amides is 1. The van der Waals surface area contributed by atoms with Gasteiger partial charge in [-0.3, -0.25) is 4.79 Å². The third kappa shape index (κ3) is 4.75. The highest BCUT2D eigenvalue weighted by atomic mass is 16.5. The van der Waals surface area contributed by atoms with Crippen molar-refractivity contribution in [2.24, 2.45) is 0 Å². The second-order valence-electron chi connectivity index (χ2n) is 4.41. The lowest BCUT2D eigenvalue weighted by molar-refractivity contribution is -0.123. The van der Waals surface area contributed by atoms with E-state index in [1.807, 2.05) is 24.3 Å². The molecule has 0 unspecified atom stereocenters. The molecule has 2 N–H and O–H groups in total. The van der Waals surface area contributed by atoms with Crippen molar-refractivity contribution in [1.29, 1.82) is 0 Å². The quantitative estimate of drug-likeness (QED) is 0.725. The molecule has 4 nitrogen and oxygen atoms in total. The second kappa shape index (κ2) is 7.71. The molecule has 0 radical (unpaired) electrons. The monoisotopic (exact) mass is 251 g/mol. The Labute approximate surface area is 108 Å². The topological polar surface area (TPSA) is 58.6 Å². The molecule has 0 atom stereocenters. The number of nitrogens with one attached hydrogen (secondary N) is 1. The number of carbonyl (C=O) groups excluding carboxylic acids is 1. The predicted molar refractivity (Wildman–Crippen MR) is 70.7 cm³/mol. The maximum absolute atomic E-state index is 11.5. The van der Waals surface area contributed by atoms with E-state index in [4.69, 9.17) is 9.84 Å². The molecule has 4 heteroatoms. The summed E-state index contributed by atoms with van der Waals surface area (Å²) in [5.41, 5.74) is 1.10. The largest absolute Gasteiger partial charge is 0.483 e. The maximum atomic E-state index is 11.5. The average molecular weight is 251 g/mol. The highest BCUT2D eigenvalue weighted by Gasteiger charge is 2.08. The van der Waals surface area contributed by atoms with Gasteiger partial charge in [0.25, 0.3) is 5.91 Å². The van der Waals surface area contributed by atoms with Crippen molar-refractivity contribution < 1.29 is 14.6 Å². The summed E-state index contributed by atoms with van der Waals surface area (Å²) < 4.78 is 5.52. The molecule has 0 heterocycles. The zero-order valence-electron chi connectivity index (χ0n) is 11.0. The van der Waals surface area contributed by atoms with Crippen molar-refractivity contribution >= 4 is 5.91 Å². The first-order valence-electron chi connectivity index (χ1n) is 6.24. The maximum Gasteiger partial charge on any atom is 0.257 e. The Kier molecular flexibility index (Phi) is 6.22. The van der Waals surface area contributed by atoms with Gasteiger partial charge in [0.15, 0.2) is 6.61 Å². The molecule has 100 valence electrons. The minimum atomic E-state index is -0.165. The first-order valence-corrected chi connectivity index (χ1v) is 6.24. The lowest BCUT2D eigenvalue weighted by atomic mass is 10.0. The third-order valence-corrected chi connectivity index (χ3v) is 2.56. The summed E-state index contributed by atoms with van der Waals surface area (Å²) in [5, 5.41) is 11.3. The molecule has 0 saturated heterocycles. The van der Waals surface area contributed by atoms with E-state index in [1.165, 1.54) is 0 Å². The third-order valence-electron chi connectivity index (χ3n) is 2.56. The van der Waals surface area contributed by atoms with E-state index < -0.39 is 0 Å². The van der Waals surface area contributed by atoms with E-state index in [0.29, 0.717) is 18.9 Å². The summed E-state index contributed by atoms with van der Waals surface area (Å²) in [6, 6.07) is 7.73. The second-order valence-corrected chi connectivity index (χ2v) is 4.41. The molecular formula is C14H21NO3. The smallest absolute Gasteiger partial charge is 0.257 e. The molecule has 0 aliphatic heterocycles. The van der Waals surface area contributed by atoms with Crippen LogP contribution in [0.2, 0.25) is 0 Å². The summed E-state index contributed by atoms with van der Waals surface area (Å²) in [6.07, 6.45) is 0.564. The predicted octanol–water partition coefficient (Wildman–Crippen LogP) is 1.69. The van der Waals surface area contributed by atoms with E-state index in [-0.39, 0.29) is 19.1 Å². The molecule has 1 aromatic rings. The van der Waals surface area contributed by atoms with Gasteiger partial charge in [0.1, 0.15) is 5.75 Å². The van der Waals surface area contributed by atoms with Crippen LogP contribution in [0, 0.1) is 0 Å². The van der Waals surface area contributed by atoms with Gasteiger partial charge < -0.3 is 15.2 Å². The molecule has 0 fully saturated rings. The van der Waals surface area contributed by atoms with Crippen LogP contribution < -0.4 is 10.1 Å². The van der Waals surface area contributed by atoms with Crippen LogP contribution in [0.1, 0.15) is 31.7 Å². The van der Waals surface area contributed by atoms with Crippen LogP contribution in [0.15, 0.2) is 24.3 Å². The highest BCUT2D eigenvalue weighted by molar-refractivity contribution is 5.77. The van der Waals surface area contributed by atoms with Gasteiger partial charge in [-0.2, -0.15) is 0 Å². The van der Waals surface area contributed by atoms with Crippen LogP contribution in [0.4, 0.5) is 0 Å². The molecule has 0 aliphatic carbocycles. The number of para-hydroxylation sites is 1. The fraction of sp³-hybridized carbons (Fsp3) is 0.500. The highest BCUT2D eigenvalue weighted by Crippen LogP contribution is 2.25. The summed E-state index contributed by atoms with van der Waals surface area (Å²) >= 11 is 0. The minimum Gasteiger partial charge on any atom is -0.483 e. The van der Waals surface area contributed by atoms with Gasteiger partial charge in [0, 0.05) is 13.2 Å². The number of carbonyl (C=O) groups is 1. The summed E-state index contributed by atoms with van der Waals surface area (Å²) in [4.78, 5) is 11.5. The van der Waals surface area contributed by atoms with Crippen LogP contribution in [0.5, 0.6) is 5.75 Å². The average Bonchev–Trinajstić information content (AvgIpc) is 2.37. The Bertz CT molecular complexity index is 377. The lowest BCUT2D eigenvalue weighted by Crippen LogP contribution is -2.30. The lowest BCUT2D eigenvalue weighted by Gasteiger charge is -2.13. The molecule has 0 saturated carbocycles. The molecule has 0 spiro atoms. The Hall–Kier alpha value is -1.55. The normalized spacial score (nSPS) is 10.4. The fourth-order valence-electron chi connectivity index (χ4n) is 1.59. The van der Waals surface area contributed by atoms with Gasteiger partial charge in [0.05, 0.1) is 0 Å². The van der Waals surface area contributed by atoms with Gasteiger partial charge >= 0.3 is 0 Å². The molecule has 0 aromatic heterocycles. The van der Waals surface area contributed by atoms with Gasteiger partial charge in [0.2, 0.25) is 0 Å². The van der Waals surface area contributed by atoms with Crippen LogP contribution in [0.25, 0.3) is 0 Å². The number of hydrogen-bond donors (Lipinski definition) is 2. The van der Waals surface area contributed by atoms with Crippen molar-refractivity contribution in [3.63, 3.8) is 0 Å². The van der Waals surface area contributed by atoms with Crippen molar-refractivity contribution in [1.82, 2.24) is 5.32 Å². The zero-order chi connectivity index (χ0) is 13.4. The molecule has 1 amide bonds. The SMILES string of the molecule is CC(C)c1ccccc1OCC(=O)NCCCO. The number of rotatable bonds is 7.